The number of carbonyl (C=O) groups excluding carboxylic acids is 1. The van der Waals surface area contributed by atoms with Gasteiger partial charge in [-0.25, -0.2) is 4.39 Å². The molecular weight excluding hydrogens is 451 g/mol. The van der Waals surface area contributed by atoms with Crippen molar-refractivity contribution in [3.05, 3.63) is 81.8 Å². The molecule has 0 bridgehead atoms. The van der Waals surface area contributed by atoms with Crippen LogP contribution >= 0.6 is 11.3 Å². The average molecular weight is 483 g/mol. The number of thiophene rings is 1. The number of phenols is 1. The summed E-state index contributed by atoms with van der Waals surface area (Å²) in [5, 5.41) is 12.2. The molecule has 0 unspecified atom stereocenters. The van der Waals surface area contributed by atoms with E-state index in [2.05, 4.69) is 4.90 Å². The topological polar surface area (TPSA) is 53.0 Å². The fourth-order valence-corrected chi connectivity index (χ4v) is 5.49. The Morgan fingerprint density at radius 3 is 2.62 bits per heavy atom. The molecule has 4 rings (SSSR count). The third-order valence-corrected chi connectivity index (χ3v) is 7.65. The molecule has 1 aromatic heterocycles. The van der Waals surface area contributed by atoms with E-state index in [1.165, 1.54) is 17.4 Å². The molecule has 34 heavy (non-hydrogen) atoms. The van der Waals surface area contributed by atoms with Crippen LogP contribution in [0.25, 0.3) is 0 Å². The van der Waals surface area contributed by atoms with Crippen molar-refractivity contribution in [1.29, 1.82) is 0 Å². The number of hydrogen-bond donors (Lipinski definition) is 1. The highest BCUT2D eigenvalue weighted by molar-refractivity contribution is 7.12. The van der Waals surface area contributed by atoms with E-state index in [0.717, 1.165) is 37.2 Å². The van der Waals surface area contributed by atoms with Crippen molar-refractivity contribution in [3.8, 4) is 11.5 Å². The number of aromatic hydroxyl groups is 1. The van der Waals surface area contributed by atoms with Crippen LogP contribution in [0.4, 0.5) is 4.39 Å². The molecule has 0 saturated carbocycles. The predicted molar refractivity (Wildman–Crippen MR) is 133 cm³/mol. The molecule has 0 aliphatic carbocycles. The summed E-state index contributed by atoms with van der Waals surface area (Å²) in [5.41, 5.74) is 1.48. The molecule has 2 aromatic carbocycles. The predicted octanol–water partition coefficient (Wildman–Crippen LogP) is 5.20. The fraction of sp³-hybridized carbons (Fsp3) is 0.370. The number of hydrogen-bond acceptors (Lipinski definition) is 5. The van der Waals surface area contributed by atoms with Crippen LogP contribution in [0.2, 0.25) is 0 Å². The molecule has 0 radical (unpaired) electrons. The number of rotatable bonds is 8. The lowest BCUT2D eigenvalue weighted by Gasteiger charge is -2.40. The van der Waals surface area contributed by atoms with Crippen LogP contribution in [-0.4, -0.2) is 54.1 Å². The third kappa shape index (κ3) is 5.59. The molecule has 7 heteroatoms. The summed E-state index contributed by atoms with van der Waals surface area (Å²) in [6, 6.07) is 15.7. The lowest BCUT2D eigenvalue weighted by molar-refractivity contribution is 0.0587. The Bertz CT molecular complexity index is 1100. The summed E-state index contributed by atoms with van der Waals surface area (Å²) < 4.78 is 19.8. The molecule has 5 nitrogen and oxygen atoms in total. The van der Waals surface area contributed by atoms with Crippen molar-refractivity contribution in [2.24, 2.45) is 5.92 Å². The van der Waals surface area contributed by atoms with E-state index in [1.807, 2.05) is 47.7 Å². The number of nitrogens with zero attached hydrogens (tertiary/aromatic N) is 2. The van der Waals surface area contributed by atoms with Crippen LogP contribution in [0, 0.1) is 11.7 Å². The highest BCUT2D eigenvalue weighted by Crippen LogP contribution is 2.31. The first kappa shape index (κ1) is 24.2. The van der Waals surface area contributed by atoms with Gasteiger partial charge >= 0.3 is 0 Å². The number of piperidine rings is 1. The summed E-state index contributed by atoms with van der Waals surface area (Å²) in [6.07, 6.45) is 2.28. The number of phenolic OH excluding ortho intramolecular Hbond substituents is 1. The van der Waals surface area contributed by atoms with Gasteiger partial charge in [0.2, 0.25) is 0 Å². The summed E-state index contributed by atoms with van der Waals surface area (Å²) in [7, 11) is 3.46. The zero-order chi connectivity index (χ0) is 24.1. The molecule has 1 atom stereocenters. The summed E-state index contributed by atoms with van der Waals surface area (Å²) in [5.74, 6) is 1.00. The van der Waals surface area contributed by atoms with Gasteiger partial charge in [-0.2, -0.15) is 0 Å². The van der Waals surface area contributed by atoms with Crippen molar-refractivity contribution in [1.82, 2.24) is 9.80 Å². The van der Waals surface area contributed by atoms with E-state index in [-0.39, 0.29) is 29.4 Å². The standard InChI is InChI=1S/C27H31FN2O3S/c1-29(27(32)26-8-5-15-34-26)24(17-20-6-3-4-7-23(20)28)19-11-13-30(14-12-19)18-21-16-22(33-2)9-10-25(21)31/h3-10,15-16,19,24,31H,11-14,17-18H2,1-2H3/t24-/m0/s1. The third-order valence-electron chi connectivity index (χ3n) is 6.79. The molecule has 1 saturated heterocycles. The van der Waals surface area contributed by atoms with Crippen molar-refractivity contribution in [2.45, 2.75) is 31.8 Å². The second kappa shape index (κ2) is 11.0. The second-order valence-corrected chi connectivity index (χ2v) is 9.81. The number of carbonyl (C=O) groups is 1. The van der Waals surface area contributed by atoms with Crippen molar-refractivity contribution < 1.29 is 19.0 Å². The van der Waals surface area contributed by atoms with E-state index < -0.39 is 0 Å². The van der Waals surface area contributed by atoms with Crippen molar-refractivity contribution in [3.63, 3.8) is 0 Å². The van der Waals surface area contributed by atoms with Crippen LogP contribution in [0.1, 0.15) is 33.6 Å². The Labute approximate surface area is 204 Å². The molecule has 1 fully saturated rings. The monoisotopic (exact) mass is 482 g/mol. The fourth-order valence-electron chi connectivity index (χ4n) is 4.79. The zero-order valence-corrected chi connectivity index (χ0v) is 20.4. The van der Waals surface area contributed by atoms with Gasteiger partial charge in [0.05, 0.1) is 12.0 Å². The smallest absolute Gasteiger partial charge is 0.263 e. The normalized spacial score (nSPS) is 15.7. The SMILES string of the molecule is COc1ccc(O)c(CN2CCC([C@H](Cc3ccccc3F)N(C)C(=O)c3cccs3)CC2)c1. The number of likely N-dealkylation sites (N-methyl/N-ethyl adjacent to an activating group) is 1. The second-order valence-electron chi connectivity index (χ2n) is 8.86. The quantitative estimate of drug-likeness (QED) is 0.480. The Balaban J connectivity index is 1.47. The highest BCUT2D eigenvalue weighted by atomic mass is 32.1. The van der Waals surface area contributed by atoms with Gasteiger partial charge < -0.3 is 14.7 Å². The van der Waals surface area contributed by atoms with Crippen molar-refractivity contribution in [2.75, 3.05) is 27.2 Å². The van der Waals surface area contributed by atoms with Crippen LogP contribution in [0.3, 0.4) is 0 Å². The number of halogens is 1. The molecule has 1 N–H and O–H groups in total. The zero-order valence-electron chi connectivity index (χ0n) is 19.6. The number of amides is 1. The van der Waals surface area contributed by atoms with Gasteiger partial charge in [-0.1, -0.05) is 24.3 Å². The summed E-state index contributed by atoms with van der Waals surface area (Å²) in [4.78, 5) is 18.0. The van der Waals surface area contributed by atoms with Gasteiger partial charge in [0.1, 0.15) is 17.3 Å². The average Bonchev–Trinajstić information content (AvgIpc) is 3.40. The lowest BCUT2D eigenvalue weighted by atomic mass is 9.84. The largest absolute Gasteiger partial charge is 0.508 e. The maximum Gasteiger partial charge on any atom is 0.263 e. The maximum absolute atomic E-state index is 14.5. The Morgan fingerprint density at radius 2 is 1.94 bits per heavy atom. The van der Waals surface area contributed by atoms with Crippen LogP contribution in [0.15, 0.2) is 60.0 Å². The molecule has 180 valence electrons. The van der Waals surface area contributed by atoms with Gasteiger partial charge in [0.15, 0.2) is 0 Å². The molecule has 0 spiro atoms. The first-order chi connectivity index (χ1) is 16.5. The Kier molecular flexibility index (Phi) is 7.85. The molecule has 1 aliphatic rings. The maximum atomic E-state index is 14.5. The number of benzene rings is 2. The Hall–Kier alpha value is -2.90. The minimum absolute atomic E-state index is 0.0138. The molecule has 2 heterocycles. The number of methoxy groups -OCH3 is 1. The van der Waals surface area contributed by atoms with E-state index in [1.54, 1.807) is 25.3 Å². The van der Waals surface area contributed by atoms with Crippen LogP contribution in [-0.2, 0) is 13.0 Å². The molecular formula is C27H31FN2O3S. The van der Waals surface area contributed by atoms with E-state index in [4.69, 9.17) is 4.74 Å². The van der Waals surface area contributed by atoms with Gasteiger partial charge in [-0.05, 0) is 79.5 Å². The van der Waals surface area contributed by atoms with E-state index in [9.17, 15) is 14.3 Å². The van der Waals surface area contributed by atoms with E-state index in [0.29, 0.717) is 23.4 Å². The van der Waals surface area contributed by atoms with Gasteiger partial charge in [-0.15, -0.1) is 11.3 Å². The molecule has 3 aromatic rings. The van der Waals surface area contributed by atoms with E-state index >= 15 is 0 Å². The minimum atomic E-state index is -0.226. The van der Waals surface area contributed by atoms with Crippen LogP contribution in [0.5, 0.6) is 11.5 Å². The molecule has 1 aliphatic heterocycles. The van der Waals surface area contributed by atoms with Gasteiger partial charge in [0.25, 0.3) is 5.91 Å². The number of likely N-dealkylation sites (tertiary alicyclic amines) is 1. The number of ether oxygens (including phenoxy) is 1. The van der Waals surface area contributed by atoms with Crippen molar-refractivity contribution >= 4 is 17.2 Å². The summed E-state index contributed by atoms with van der Waals surface area (Å²) in [6.45, 7) is 2.32. The minimum Gasteiger partial charge on any atom is -0.508 e. The van der Waals surface area contributed by atoms with Crippen LogP contribution < -0.4 is 4.74 Å². The Morgan fingerprint density at radius 1 is 1.18 bits per heavy atom. The lowest BCUT2D eigenvalue weighted by Crippen LogP contribution is -2.47. The highest BCUT2D eigenvalue weighted by Gasteiger charge is 2.33. The first-order valence-corrected chi connectivity index (χ1v) is 12.5. The first-order valence-electron chi connectivity index (χ1n) is 11.6. The van der Waals surface area contributed by atoms with Gasteiger partial charge in [-0.3, -0.25) is 9.69 Å². The molecule has 1 amide bonds. The summed E-state index contributed by atoms with van der Waals surface area (Å²) >= 11 is 1.43. The van der Waals surface area contributed by atoms with Gasteiger partial charge in [0, 0.05) is 25.2 Å².